The first-order valence-corrected chi connectivity index (χ1v) is 8.41. The van der Waals surface area contributed by atoms with Crippen molar-refractivity contribution in [3.63, 3.8) is 0 Å². The summed E-state index contributed by atoms with van der Waals surface area (Å²) in [4.78, 5) is 8.65. The van der Waals surface area contributed by atoms with Gasteiger partial charge in [-0.15, -0.1) is 6.58 Å². The molecule has 4 aliphatic carbocycles. The Bertz CT molecular complexity index is 547. The SMILES string of the molecule is C=CCNc1ncnc(NC23CC4CC(CC(C4)C2)C3)c1N. The zero-order valence-corrected chi connectivity index (χ0v) is 13.0. The minimum absolute atomic E-state index is 0.215. The molecule has 0 atom stereocenters. The Balaban J connectivity index is 1.57. The molecule has 4 saturated carbocycles. The van der Waals surface area contributed by atoms with Crippen LogP contribution in [0.1, 0.15) is 38.5 Å². The molecule has 0 amide bonds. The fraction of sp³-hybridized carbons (Fsp3) is 0.647. The normalized spacial score (nSPS) is 35.4. The van der Waals surface area contributed by atoms with Gasteiger partial charge >= 0.3 is 0 Å². The van der Waals surface area contributed by atoms with E-state index in [2.05, 4.69) is 27.2 Å². The molecule has 0 spiro atoms. The monoisotopic (exact) mass is 299 g/mol. The first-order valence-electron chi connectivity index (χ1n) is 8.41. The molecule has 118 valence electrons. The molecule has 4 fully saturated rings. The van der Waals surface area contributed by atoms with Gasteiger partial charge in [-0.3, -0.25) is 0 Å². The van der Waals surface area contributed by atoms with Gasteiger partial charge in [-0.05, 0) is 56.3 Å². The van der Waals surface area contributed by atoms with Crippen LogP contribution >= 0.6 is 0 Å². The number of nitrogens with one attached hydrogen (secondary N) is 2. The van der Waals surface area contributed by atoms with Crippen LogP contribution in [0.15, 0.2) is 19.0 Å². The van der Waals surface area contributed by atoms with E-state index in [0.717, 1.165) is 23.6 Å². The van der Waals surface area contributed by atoms with Crippen molar-refractivity contribution in [1.82, 2.24) is 9.97 Å². The molecule has 0 saturated heterocycles. The van der Waals surface area contributed by atoms with Crippen molar-refractivity contribution in [3.8, 4) is 0 Å². The molecule has 1 aromatic heterocycles. The van der Waals surface area contributed by atoms with Crippen LogP contribution in [0.4, 0.5) is 17.3 Å². The molecule has 22 heavy (non-hydrogen) atoms. The second kappa shape index (κ2) is 5.14. The zero-order chi connectivity index (χ0) is 15.2. The second-order valence-corrected chi connectivity index (χ2v) is 7.48. The molecule has 4 aliphatic rings. The van der Waals surface area contributed by atoms with E-state index in [-0.39, 0.29) is 5.54 Å². The lowest BCUT2D eigenvalue weighted by atomic mass is 9.53. The van der Waals surface area contributed by atoms with Crippen molar-refractivity contribution in [2.75, 3.05) is 22.9 Å². The molecule has 5 rings (SSSR count). The fourth-order valence-electron chi connectivity index (χ4n) is 5.32. The van der Waals surface area contributed by atoms with E-state index in [1.54, 1.807) is 12.4 Å². The van der Waals surface area contributed by atoms with Crippen LogP contribution in [0.2, 0.25) is 0 Å². The van der Waals surface area contributed by atoms with Crippen molar-refractivity contribution in [3.05, 3.63) is 19.0 Å². The van der Waals surface area contributed by atoms with Crippen molar-refractivity contribution < 1.29 is 0 Å². The summed E-state index contributed by atoms with van der Waals surface area (Å²) in [6.07, 6.45) is 11.5. The van der Waals surface area contributed by atoms with Crippen LogP contribution in [-0.4, -0.2) is 22.1 Å². The van der Waals surface area contributed by atoms with E-state index in [0.29, 0.717) is 18.1 Å². The van der Waals surface area contributed by atoms with E-state index in [9.17, 15) is 0 Å². The molecule has 1 aromatic rings. The highest BCUT2D eigenvalue weighted by Crippen LogP contribution is 2.56. The van der Waals surface area contributed by atoms with Crippen LogP contribution in [-0.2, 0) is 0 Å². The predicted octanol–water partition coefficient (Wildman–Crippen LogP) is 3.04. The lowest BCUT2D eigenvalue weighted by Crippen LogP contribution is -2.55. The van der Waals surface area contributed by atoms with Gasteiger partial charge in [0.25, 0.3) is 0 Å². The fourth-order valence-corrected chi connectivity index (χ4v) is 5.32. The molecule has 4 bridgehead atoms. The highest BCUT2D eigenvalue weighted by atomic mass is 15.1. The maximum absolute atomic E-state index is 6.27. The minimum Gasteiger partial charge on any atom is -0.393 e. The van der Waals surface area contributed by atoms with Crippen LogP contribution in [0.3, 0.4) is 0 Å². The third kappa shape index (κ3) is 2.32. The predicted molar refractivity (Wildman–Crippen MR) is 89.7 cm³/mol. The standard InChI is InChI=1S/C17H25N5/c1-2-3-19-15-14(18)16(21-10-20-15)22-17-7-11-4-12(8-17)6-13(5-11)9-17/h2,10-13H,1,3-9,18H2,(H2,19,20,21,22). The Morgan fingerprint density at radius 1 is 1.14 bits per heavy atom. The Morgan fingerprint density at radius 3 is 2.32 bits per heavy atom. The molecule has 1 heterocycles. The number of anilines is 3. The van der Waals surface area contributed by atoms with Crippen molar-refractivity contribution in [2.24, 2.45) is 17.8 Å². The van der Waals surface area contributed by atoms with Gasteiger partial charge in [-0.25, -0.2) is 9.97 Å². The highest BCUT2D eigenvalue weighted by molar-refractivity contribution is 5.74. The summed E-state index contributed by atoms with van der Waals surface area (Å²) in [5.41, 5.74) is 7.11. The van der Waals surface area contributed by atoms with Gasteiger partial charge in [-0.1, -0.05) is 6.08 Å². The Hall–Kier alpha value is -1.78. The van der Waals surface area contributed by atoms with Gasteiger partial charge in [0.2, 0.25) is 0 Å². The third-order valence-electron chi connectivity index (χ3n) is 5.72. The lowest BCUT2D eigenvalue weighted by Gasteiger charge is -2.57. The molecule has 5 heteroatoms. The third-order valence-corrected chi connectivity index (χ3v) is 5.72. The van der Waals surface area contributed by atoms with Gasteiger partial charge in [0.05, 0.1) is 0 Å². The van der Waals surface area contributed by atoms with E-state index in [4.69, 9.17) is 5.73 Å². The second-order valence-electron chi connectivity index (χ2n) is 7.48. The van der Waals surface area contributed by atoms with Crippen molar-refractivity contribution in [2.45, 2.75) is 44.1 Å². The van der Waals surface area contributed by atoms with Crippen molar-refractivity contribution in [1.29, 1.82) is 0 Å². The first kappa shape index (κ1) is 13.9. The summed E-state index contributed by atoms with van der Waals surface area (Å²) in [6.45, 7) is 4.36. The van der Waals surface area contributed by atoms with Crippen LogP contribution in [0, 0.1) is 17.8 Å². The summed E-state index contributed by atoms with van der Waals surface area (Å²) < 4.78 is 0. The summed E-state index contributed by atoms with van der Waals surface area (Å²) in [5.74, 6) is 4.20. The van der Waals surface area contributed by atoms with Gasteiger partial charge < -0.3 is 16.4 Å². The number of nitrogen functional groups attached to an aromatic ring is 1. The average molecular weight is 299 g/mol. The average Bonchev–Trinajstić information content (AvgIpc) is 2.46. The number of hydrogen-bond acceptors (Lipinski definition) is 5. The number of nitrogens with zero attached hydrogens (tertiary/aromatic N) is 2. The molecule has 0 aromatic carbocycles. The lowest BCUT2D eigenvalue weighted by molar-refractivity contribution is 0.0106. The number of aromatic nitrogens is 2. The van der Waals surface area contributed by atoms with Crippen molar-refractivity contribution >= 4 is 17.3 Å². The summed E-state index contributed by atoms with van der Waals surface area (Å²) in [7, 11) is 0. The van der Waals surface area contributed by atoms with Crippen LogP contribution in [0.25, 0.3) is 0 Å². The molecule has 4 N–H and O–H groups in total. The number of rotatable bonds is 5. The van der Waals surface area contributed by atoms with Gasteiger partial charge in [0.1, 0.15) is 12.0 Å². The highest BCUT2D eigenvalue weighted by Gasteiger charge is 2.51. The van der Waals surface area contributed by atoms with Gasteiger partial charge in [0.15, 0.2) is 11.6 Å². The number of hydrogen-bond donors (Lipinski definition) is 3. The molecule has 0 radical (unpaired) electrons. The van der Waals surface area contributed by atoms with Gasteiger partial charge in [-0.2, -0.15) is 0 Å². The maximum atomic E-state index is 6.27. The first-order chi connectivity index (χ1) is 10.7. The van der Waals surface area contributed by atoms with E-state index in [1.807, 2.05) is 0 Å². The quantitative estimate of drug-likeness (QED) is 0.729. The summed E-state index contributed by atoms with van der Waals surface area (Å²) >= 11 is 0. The van der Waals surface area contributed by atoms with E-state index < -0.39 is 0 Å². The van der Waals surface area contributed by atoms with Crippen LogP contribution < -0.4 is 16.4 Å². The minimum atomic E-state index is 0.215. The summed E-state index contributed by atoms with van der Waals surface area (Å²) in [5, 5.41) is 6.91. The molecule has 5 nitrogen and oxygen atoms in total. The summed E-state index contributed by atoms with van der Waals surface area (Å²) in [6, 6.07) is 0. The topological polar surface area (TPSA) is 75.9 Å². The van der Waals surface area contributed by atoms with Gasteiger partial charge in [0, 0.05) is 12.1 Å². The molecule has 0 aliphatic heterocycles. The molecule has 0 unspecified atom stereocenters. The van der Waals surface area contributed by atoms with Crippen LogP contribution in [0.5, 0.6) is 0 Å². The van der Waals surface area contributed by atoms with E-state index >= 15 is 0 Å². The molecular formula is C17H25N5. The Kier molecular flexibility index (Phi) is 3.24. The zero-order valence-electron chi connectivity index (χ0n) is 13.0. The Labute approximate surface area is 131 Å². The maximum Gasteiger partial charge on any atom is 0.155 e. The largest absolute Gasteiger partial charge is 0.393 e. The molecular weight excluding hydrogens is 274 g/mol. The number of nitrogens with two attached hydrogens (primary N) is 1. The van der Waals surface area contributed by atoms with E-state index in [1.165, 1.54) is 38.5 Å². The Morgan fingerprint density at radius 2 is 1.73 bits per heavy atom. The smallest absolute Gasteiger partial charge is 0.155 e.